The molecule has 6 heteroatoms. The highest BCUT2D eigenvalue weighted by Crippen LogP contribution is 2.23. The van der Waals surface area contributed by atoms with Gasteiger partial charge in [0.25, 0.3) is 5.91 Å². The normalized spacial score (nSPS) is 10.2. The topological polar surface area (TPSA) is 64.4 Å². The molecule has 0 radical (unpaired) electrons. The van der Waals surface area contributed by atoms with E-state index in [9.17, 15) is 4.79 Å². The van der Waals surface area contributed by atoms with Crippen LogP contribution in [0.4, 0.5) is 5.82 Å². The Morgan fingerprint density at radius 2 is 2.17 bits per heavy atom. The van der Waals surface area contributed by atoms with E-state index >= 15 is 0 Å². The molecule has 0 saturated carbocycles. The molecule has 2 aromatic rings. The SMILES string of the molecule is COc1ccc(C)nc1NC(=O)c1ccc(Br)o1. The fraction of sp³-hybridized carbons (Fsp3) is 0.167. The predicted molar refractivity (Wildman–Crippen MR) is 69.9 cm³/mol. The molecule has 2 heterocycles. The predicted octanol–water partition coefficient (Wildman–Crippen LogP) is 3.01. The first-order valence-electron chi connectivity index (χ1n) is 5.18. The van der Waals surface area contributed by atoms with Gasteiger partial charge in [0, 0.05) is 5.69 Å². The van der Waals surface area contributed by atoms with E-state index in [4.69, 9.17) is 9.15 Å². The summed E-state index contributed by atoms with van der Waals surface area (Å²) in [7, 11) is 1.52. The molecule has 0 fully saturated rings. The Morgan fingerprint density at radius 3 is 2.78 bits per heavy atom. The maximum atomic E-state index is 11.9. The van der Waals surface area contributed by atoms with Crippen LogP contribution < -0.4 is 10.1 Å². The standard InChI is InChI=1S/C12H11BrN2O3/c1-7-3-4-8(17-2)11(14-7)15-12(16)9-5-6-10(13)18-9/h3-6H,1-2H3,(H,14,15,16). The Balaban J connectivity index is 2.23. The van der Waals surface area contributed by atoms with Crippen LogP contribution in [0.5, 0.6) is 5.75 Å². The zero-order valence-corrected chi connectivity index (χ0v) is 11.4. The van der Waals surface area contributed by atoms with Crippen LogP contribution in [0, 0.1) is 6.92 Å². The molecule has 2 rings (SSSR count). The number of methoxy groups -OCH3 is 1. The van der Waals surface area contributed by atoms with E-state index in [2.05, 4.69) is 26.2 Å². The number of ether oxygens (including phenoxy) is 1. The first kappa shape index (κ1) is 12.6. The molecule has 0 aliphatic carbocycles. The number of furan rings is 1. The van der Waals surface area contributed by atoms with Crippen LogP contribution >= 0.6 is 15.9 Å². The van der Waals surface area contributed by atoms with Crippen molar-refractivity contribution in [2.24, 2.45) is 0 Å². The minimum atomic E-state index is -0.378. The summed E-state index contributed by atoms with van der Waals surface area (Å²) in [6.07, 6.45) is 0. The molecule has 94 valence electrons. The molecule has 2 aromatic heterocycles. The molecule has 0 saturated heterocycles. The van der Waals surface area contributed by atoms with E-state index < -0.39 is 0 Å². The van der Waals surface area contributed by atoms with Gasteiger partial charge in [-0.15, -0.1) is 0 Å². The molecule has 0 aliphatic heterocycles. The number of aromatic nitrogens is 1. The van der Waals surface area contributed by atoms with E-state index in [0.717, 1.165) is 5.69 Å². The Bertz CT molecular complexity index is 580. The average Bonchev–Trinajstić information content (AvgIpc) is 2.76. The van der Waals surface area contributed by atoms with E-state index in [1.165, 1.54) is 7.11 Å². The number of nitrogens with one attached hydrogen (secondary N) is 1. The third-order valence-electron chi connectivity index (χ3n) is 2.25. The van der Waals surface area contributed by atoms with Crippen molar-refractivity contribution in [2.75, 3.05) is 12.4 Å². The highest BCUT2D eigenvalue weighted by molar-refractivity contribution is 9.10. The fourth-order valence-electron chi connectivity index (χ4n) is 1.40. The highest BCUT2D eigenvalue weighted by atomic mass is 79.9. The Kier molecular flexibility index (Phi) is 3.66. The van der Waals surface area contributed by atoms with Crippen molar-refractivity contribution >= 4 is 27.7 Å². The number of pyridine rings is 1. The fourth-order valence-corrected chi connectivity index (χ4v) is 1.71. The van der Waals surface area contributed by atoms with Crippen molar-refractivity contribution in [1.82, 2.24) is 4.98 Å². The van der Waals surface area contributed by atoms with Gasteiger partial charge in [0.2, 0.25) is 0 Å². The third kappa shape index (κ3) is 2.70. The van der Waals surface area contributed by atoms with Crippen LogP contribution in [0.15, 0.2) is 33.4 Å². The zero-order chi connectivity index (χ0) is 13.1. The summed E-state index contributed by atoms with van der Waals surface area (Å²) in [6.45, 7) is 1.83. The summed E-state index contributed by atoms with van der Waals surface area (Å²) in [5.41, 5.74) is 0.784. The summed E-state index contributed by atoms with van der Waals surface area (Å²) in [5, 5.41) is 2.64. The van der Waals surface area contributed by atoms with Gasteiger partial charge in [-0.1, -0.05) is 0 Å². The van der Waals surface area contributed by atoms with Gasteiger partial charge in [0.1, 0.15) is 0 Å². The second-order valence-electron chi connectivity index (χ2n) is 3.56. The molecule has 1 N–H and O–H groups in total. The molecular weight excluding hydrogens is 300 g/mol. The summed E-state index contributed by atoms with van der Waals surface area (Å²) >= 11 is 3.14. The van der Waals surface area contributed by atoms with Crippen LogP contribution in [0.3, 0.4) is 0 Å². The Morgan fingerprint density at radius 1 is 1.39 bits per heavy atom. The number of carbonyl (C=O) groups is 1. The summed E-state index contributed by atoms with van der Waals surface area (Å²) in [6, 6.07) is 6.77. The number of anilines is 1. The molecule has 0 bridgehead atoms. The Hall–Kier alpha value is -1.82. The van der Waals surface area contributed by atoms with Crippen molar-refractivity contribution in [3.63, 3.8) is 0 Å². The summed E-state index contributed by atoms with van der Waals surface area (Å²) < 4.78 is 10.8. The number of carbonyl (C=O) groups excluding carboxylic acids is 1. The average molecular weight is 311 g/mol. The summed E-state index contributed by atoms with van der Waals surface area (Å²) in [4.78, 5) is 16.1. The van der Waals surface area contributed by atoms with E-state index in [0.29, 0.717) is 16.2 Å². The molecule has 0 aliphatic rings. The van der Waals surface area contributed by atoms with Gasteiger partial charge in [-0.2, -0.15) is 0 Å². The van der Waals surface area contributed by atoms with Gasteiger partial charge in [-0.3, -0.25) is 4.79 Å². The number of halogens is 1. The quantitative estimate of drug-likeness (QED) is 0.946. The number of hydrogen-bond acceptors (Lipinski definition) is 4. The van der Waals surface area contributed by atoms with Crippen LogP contribution in [-0.2, 0) is 0 Å². The first-order chi connectivity index (χ1) is 8.60. The van der Waals surface area contributed by atoms with Crippen LogP contribution in [0.25, 0.3) is 0 Å². The molecule has 1 amide bonds. The molecule has 0 spiro atoms. The van der Waals surface area contributed by atoms with Crippen LogP contribution in [-0.4, -0.2) is 18.0 Å². The monoisotopic (exact) mass is 310 g/mol. The number of nitrogens with zero attached hydrogens (tertiary/aromatic N) is 1. The van der Waals surface area contributed by atoms with Gasteiger partial charge >= 0.3 is 0 Å². The van der Waals surface area contributed by atoms with Crippen molar-refractivity contribution in [2.45, 2.75) is 6.92 Å². The lowest BCUT2D eigenvalue weighted by molar-refractivity contribution is 0.0994. The van der Waals surface area contributed by atoms with Crippen LogP contribution in [0.1, 0.15) is 16.2 Å². The molecular formula is C12H11BrN2O3. The first-order valence-corrected chi connectivity index (χ1v) is 5.98. The van der Waals surface area contributed by atoms with Crippen molar-refractivity contribution in [1.29, 1.82) is 0 Å². The van der Waals surface area contributed by atoms with Crippen molar-refractivity contribution in [3.05, 3.63) is 40.4 Å². The minimum absolute atomic E-state index is 0.201. The van der Waals surface area contributed by atoms with Gasteiger partial charge in [0.15, 0.2) is 22.0 Å². The lowest BCUT2D eigenvalue weighted by Gasteiger charge is -2.08. The van der Waals surface area contributed by atoms with Gasteiger partial charge in [-0.25, -0.2) is 4.98 Å². The van der Waals surface area contributed by atoms with Gasteiger partial charge in [-0.05, 0) is 47.1 Å². The maximum Gasteiger partial charge on any atom is 0.292 e. The molecule has 5 nitrogen and oxygen atoms in total. The maximum absolute atomic E-state index is 11.9. The number of hydrogen-bond donors (Lipinski definition) is 1. The van der Waals surface area contributed by atoms with Gasteiger partial charge in [0.05, 0.1) is 7.11 Å². The zero-order valence-electron chi connectivity index (χ0n) is 9.86. The molecule has 0 unspecified atom stereocenters. The lowest BCUT2D eigenvalue weighted by Crippen LogP contribution is -2.13. The van der Waals surface area contributed by atoms with Crippen LogP contribution in [0.2, 0.25) is 0 Å². The van der Waals surface area contributed by atoms with E-state index in [-0.39, 0.29) is 11.7 Å². The second-order valence-corrected chi connectivity index (χ2v) is 4.34. The van der Waals surface area contributed by atoms with E-state index in [1.54, 1.807) is 24.3 Å². The van der Waals surface area contributed by atoms with Crippen molar-refractivity contribution in [3.8, 4) is 5.75 Å². The Labute approximate surface area is 112 Å². The lowest BCUT2D eigenvalue weighted by atomic mass is 10.3. The molecule has 0 aromatic carbocycles. The minimum Gasteiger partial charge on any atom is -0.493 e. The molecule has 0 atom stereocenters. The second kappa shape index (κ2) is 5.22. The number of amides is 1. The molecule has 18 heavy (non-hydrogen) atoms. The largest absolute Gasteiger partial charge is 0.493 e. The van der Waals surface area contributed by atoms with Crippen molar-refractivity contribution < 1.29 is 13.9 Å². The van der Waals surface area contributed by atoms with Gasteiger partial charge < -0.3 is 14.5 Å². The third-order valence-corrected chi connectivity index (χ3v) is 2.67. The summed E-state index contributed by atoms with van der Waals surface area (Å²) in [5.74, 6) is 0.693. The number of rotatable bonds is 3. The van der Waals surface area contributed by atoms with E-state index in [1.807, 2.05) is 6.92 Å². The smallest absolute Gasteiger partial charge is 0.292 e. The highest BCUT2D eigenvalue weighted by Gasteiger charge is 2.14. The number of aryl methyl sites for hydroxylation is 1.